The fraction of sp³-hybridized carbons (Fsp3) is 0.357. The molecule has 0 aliphatic carbocycles. The van der Waals surface area contributed by atoms with Crippen molar-refractivity contribution in [1.29, 1.82) is 0 Å². The standard InChI is InChI=1S/C14H16N2O4/c1-14(2)6-11(17)16(12(18)7-14)10-4-3-8(15)5-9(10)13(19)20/h3-5H,6-7,15H2,1-2H3,(H,19,20). The van der Waals surface area contributed by atoms with Gasteiger partial charge in [-0.3, -0.25) is 9.59 Å². The summed E-state index contributed by atoms with van der Waals surface area (Å²) in [6, 6.07) is 4.12. The number of carboxylic acid groups (broad SMARTS) is 1. The number of carbonyl (C=O) groups is 3. The Morgan fingerprint density at radius 2 is 1.80 bits per heavy atom. The summed E-state index contributed by atoms with van der Waals surface area (Å²) < 4.78 is 0. The maximum Gasteiger partial charge on any atom is 0.337 e. The molecule has 1 aromatic rings. The summed E-state index contributed by atoms with van der Waals surface area (Å²) in [4.78, 5) is 36.5. The van der Waals surface area contributed by atoms with E-state index in [1.807, 2.05) is 13.8 Å². The molecule has 106 valence electrons. The van der Waals surface area contributed by atoms with Crippen LogP contribution in [0.3, 0.4) is 0 Å². The van der Waals surface area contributed by atoms with Crippen LogP contribution in [0.15, 0.2) is 18.2 Å². The topological polar surface area (TPSA) is 101 Å². The van der Waals surface area contributed by atoms with Crippen molar-refractivity contribution in [2.75, 3.05) is 10.6 Å². The molecule has 0 radical (unpaired) electrons. The molecule has 0 atom stereocenters. The van der Waals surface area contributed by atoms with Crippen molar-refractivity contribution in [3.8, 4) is 0 Å². The van der Waals surface area contributed by atoms with Crippen LogP contribution < -0.4 is 10.6 Å². The number of aromatic carboxylic acids is 1. The molecule has 6 nitrogen and oxygen atoms in total. The lowest BCUT2D eigenvalue weighted by molar-refractivity contribution is -0.132. The normalized spacial score (nSPS) is 18.2. The van der Waals surface area contributed by atoms with Crippen molar-refractivity contribution in [3.05, 3.63) is 23.8 Å². The predicted octanol–water partition coefficient (Wildman–Crippen LogP) is 1.65. The summed E-state index contributed by atoms with van der Waals surface area (Å²) in [6.07, 6.45) is 0.393. The van der Waals surface area contributed by atoms with Crippen molar-refractivity contribution in [2.24, 2.45) is 5.41 Å². The van der Waals surface area contributed by atoms with Crippen molar-refractivity contribution in [1.82, 2.24) is 0 Å². The van der Waals surface area contributed by atoms with Crippen molar-refractivity contribution in [2.45, 2.75) is 26.7 Å². The smallest absolute Gasteiger partial charge is 0.337 e. The van der Waals surface area contributed by atoms with Crippen LogP contribution in [0.4, 0.5) is 11.4 Å². The van der Waals surface area contributed by atoms with Crippen molar-refractivity contribution >= 4 is 29.2 Å². The second kappa shape index (κ2) is 4.63. The van der Waals surface area contributed by atoms with Crippen LogP contribution in [0.5, 0.6) is 0 Å². The summed E-state index contributed by atoms with van der Waals surface area (Å²) in [5.41, 5.74) is 5.36. The lowest BCUT2D eigenvalue weighted by Gasteiger charge is -2.35. The van der Waals surface area contributed by atoms with E-state index in [9.17, 15) is 19.5 Å². The lowest BCUT2D eigenvalue weighted by atomic mass is 9.81. The van der Waals surface area contributed by atoms with Crippen LogP contribution in [-0.2, 0) is 9.59 Å². The molecule has 0 unspecified atom stereocenters. The SMILES string of the molecule is CC1(C)CC(=O)N(c2ccc(N)cc2C(=O)O)C(=O)C1. The van der Waals surface area contributed by atoms with E-state index >= 15 is 0 Å². The van der Waals surface area contributed by atoms with E-state index in [4.69, 9.17) is 5.73 Å². The molecule has 1 saturated heterocycles. The van der Waals surface area contributed by atoms with E-state index in [2.05, 4.69) is 0 Å². The van der Waals surface area contributed by atoms with Crippen LogP contribution >= 0.6 is 0 Å². The number of anilines is 2. The van der Waals surface area contributed by atoms with Crippen molar-refractivity contribution in [3.63, 3.8) is 0 Å². The number of nitrogens with zero attached hydrogens (tertiary/aromatic N) is 1. The Bertz CT molecular complexity index is 587. The molecule has 3 N–H and O–H groups in total. The van der Waals surface area contributed by atoms with E-state index < -0.39 is 23.2 Å². The number of amides is 2. The van der Waals surface area contributed by atoms with E-state index in [1.165, 1.54) is 18.2 Å². The Balaban J connectivity index is 2.49. The number of hydrogen-bond acceptors (Lipinski definition) is 4. The second-order valence-corrected chi connectivity index (χ2v) is 5.72. The third-order valence-corrected chi connectivity index (χ3v) is 3.25. The molecule has 1 heterocycles. The van der Waals surface area contributed by atoms with Gasteiger partial charge in [0.05, 0.1) is 11.3 Å². The highest BCUT2D eigenvalue weighted by Gasteiger charge is 2.39. The van der Waals surface area contributed by atoms with Gasteiger partial charge in [0, 0.05) is 18.5 Å². The lowest BCUT2D eigenvalue weighted by Crippen LogP contribution is -2.46. The molecule has 0 aromatic heterocycles. The zero-order valence-corrected chi connectivity index (χ0v) is 11.3. The minimum absolute atomic E-state index is 0.0807. The fourth-order valence-corrected chi connectivity index (χ4v) is 2.37. The third-order valence-electron chi connectivity index (χ3n) is 3.25. The minimum atomic E-state index is -1.22. The fourth-order valence-electron chi connectivity index (χ4n) is 2.37. The molecule has 1 aromatic carbocycles. The van der Waals surface area contributed by atoms with Gasteiger partial charge >= 0.3 is 5.97 Å². The van der Waals surface area contributed by atoms with Gasteiger partial charge in [-0.1, -0.05) is 13.8 Å². The molecular formula is C14H16N2O4. The first-order valence-corrected chi connectivity index (χ1v) is 6.20. The highest BCUT2D eigenvalue weighted by Crippen LogP contribution is 2.35. The van der Waals surface area contributed by atoms with Gasteiger partial charge < -0.3 is 10.8 Å². The highest BCUT2D eigenvalue weighted by atomic mass is 16.4. The summed E-state index contributed by atoms with van der Waals surface area (Å²) in [5, 5.41) is 9.19. The molecule has 6 heteroatoms. The van der Waals surface area contributed by atoms with Crippen LogP contribution in [0.2, 0.25) is 0 Å². The predicted molar refractivity (Wildman–Crippen MR) is 73.3 cm³/mol. The zero-order chi connectivity index (χ0) is 15.1. The summed E-state index contributed by atoms with van der Waals surface area (Å²) in [7, 11) is 0. The van der Waals surface area contributed by atoms with Crippen LogP contribution in [0.1, 0.15) is 37.0 Å². The average Bonchev–Trinajstić information content (AvgIpc) is 2.28. The number of rotatable bonds is 2. The average molecular weight is 276 g/mol. The van der Waals surface area contributed by atoms with Gasteiger partial charge in [0.15, 0.2) is 0 Å². The van der Waals surface area contributed by atoms with Gasteiger partial charge in [0.1, 0.15) is 0 Å². The molecule has 0 bridgehead atoms. The number of carbonyl (C=O) groups excluding carboxylic acids is 2. The number of hydrogen-bond donors (Lipinski definition) is 2. The molecule has 2 amide bonds. The molecule has 0 saturated carbocycles. The maximum atomic E-state index is 12.2. The number of piperidine rings is 1. The Morgan fingerprint density at radius 1 is 1.25 bits per heavy atom. The summed E-state index contributed by atoms with van der Waals surface area (Å²) >= 11 is 0. The second-order valence-electron chi connectivity index (χ2n) is 5.72. The molecule has 1 aliphatic heterocycles. The quantitative estimate of drug-likeness (QED) is 0.631. The van der Waals surface area contributed by atoms with Crippen LogP contribution in [0.25, 0.3) is 0 Å². The monoisotopic (exact) mass is 276 g/mol. The Hall–Kier alpha value is -2.37. The number of carboxylic acids is 1. The Morgan fingerprint density at radius 3 is 2.30 bits per heavy atom. The summed E-state index contributed by atoms with van der Waals surface area (Å²) in [5.74, 6) is -2.00. The van der Waals surface area contributed by atoms with Gasteiger partial charge in [-0.15, -0.1) is 0 Å². The van der Waals surface area contributed by atoms with Gasteiger partial charge in [-0.2, -0.15) is 0 Å². The van der Waals surface area contributed by atoms with E-state index in [-0.39, 0.29) is 29.8 Å². The molecule has 2 rings (SSSR count). The molecule has 20 heavy (non-hydrogen) atoms. The number of imide groups is 1. The van der Waals surface area contributed by atoms with Crippen LogP contribution in [-0.4, -0.2) is 22.9 Å². The van der Waals surface area contributed by atoms with Gasteiger partial charge in [0.25, 0.3) is 0 Å². The number of benzene rings is 1. The minimum Gasteiger partial charge on any atom is -0.478 e. The molecule has 1 fully saturated rings. The van der Waals surface area contributed by atoms with Gasteiger partial charge in [-0.25, -0.2) is 9.69 Å². The van der Waals surface area contributed by atoms with E-state index in [0.29, 0.717) is 0 Å². The number of nitrogens with two attached hydrogens (primary N) is 1. The summed E-state index contributed by atoms with van der Waals surface area (Å²) in [6.45, 7) is 3.67. The molecule has 1 aliphatic rings. The van der Waals surface area contributed by atoms with E-state index in [0.717, 1.165) is 4.90 Å². The highest BCUT2D eigenvalue weighted by molar-refractivity contribution is 6.19. The largest absolute Gasteiger partial charge is 0.478 e. The first-order valence-electron chi connectivity index (χ1n) is 6.20. The maximum absolute atomic E-state index is 12.2. The zero-order valence-electron chi connectivity index (χ0n) is 11.3. The first kappa shape index (κ1) is 14.0. The third kappa shape index (κ3) is 2.49. The van der Waals surface area contributed by atoms with Crippen LogP contribution in [0, 0.1) is 5.41 Å². The Labute approximate surface area is 116 Å². The van der Waals surface area contributed by atoms with Gasteiger partial charge in [0.2, 0.25) is 11.8 Å². The Kier molecular flexibility index (Phi) is 3.25. The number of nitrogen functional groups attached to an aromatic ring is 1. The molecular weight excluding hydrogens is 260 g/mol. The first-order chi connectivity index (χ1) is 9.21. The van der Waals surface area contributed by atoms with E-state index in [1.54, 1.807) is 0 Å². The van der Waals surface area contributed by atoms with Crippen molar-refractivity contribution < 1.29 is 19.5 Å². The molecule has 0 spiro atoms. The van der Waals surface area contributed by atoms with Gasteiger partial charge in [-0.05, 0) is 23.6 Å².